The van der Waals surface area contributed by atoms with Crippen LogP contribution >= 0.6 is 0 Å². The number of piperidine rings is 1. The topological polar surface area (TPSA) is 32.3 Å². The smallest absolute Gasteiger partial charge is 0.326 e. The Bertz CT molecular complexity index is 439. The Balaban J connectivity index is 1.80. The molecule has 1 aromatic rings. The van der Waals surface area contributed by atoms with Crippen molar-refractivity contribution in [1.82, 2.24) is 4.90 Å². The molecule has 3 nitrogen and oxygen atoms in total. The molecule has 1 saturated heterocycles. The van der Waals surface area contributed by atoms with Crippen molar-refractivity contribution in [3.63, 3.8) is 0 Å². The summed E-state index contributed by atoms with van der Waals surface area (Å²) in [6, 6.07) is 9.07. The number of nitrogens with one attached hydrogen (secondary N) is 1. The molecule has 0 spiro atoms. The van der Waals surface area contributed by atoms with Gasteiger partial charge in [0.2, 0.25) is 5.91 Å². The number of rotatable bonds is 3. The van der Waals surface area contributed by atoms with Gasteiger partial charge in [0.15, 0.2) is 0 Å². The molecule has 1 aliphatic heterocycles. The minimum absolute atomic E-state index is 0.108. The van der Waals surface area contributed by atoms with Crippen molar-refractivity contribution >= 4 is 11.6 Å². The van der Waals surface area contributed by atoms with E-state index < -0.39 is 12.7 Å². The van der Waals surface area contributed by atoms with Gasteiger partial charge in [-0.3, -0.25) is 9.69 Å². The van der Waals surface area contributed by atoms with Crippen LogP contribution in [0.4, 0.5) is 18.9 Å². The van der Waals surface area contributed by atoms with E-state index in [1.807, 2.05) is 18.2 Å². The highest BCUT2D eigenvalue weighted by Gasteiger charge is 2.33. The monoisotopic (exact) mass is 286 g/mol. The van der Waals surface area contributed by atoms with E-state index in [4.69, 9.17) is 0 Å². The van der Waals surface area contributed by atoms with E-state index in [2.05, 4.69) is 5.32 Å². The molecule has 0 atom stereocenters. The molecular weight excluding hydrogens is 269 g/mol. The molecule has 6 heteroatoms. The number of carbonyl (C=O) groups is 1. The van der Waals surface area contributed by atoms with Gasteiger partial charge >= 0.3 is 6.18 Å². The number of anilines is 1. The van der Waals surface area contributed by atoms with E-state index in [0.29, 0.717) is 25.9 Å². The number of nitrogens with zero attached hydrogens (tertiary/aromatic N) is 1. The fourth-order valence-electron chi connectivity index (χ4n) is 2.37. The van der Waals surface area contributed by atoms with Crippen molar-refractivity contribution in [2.75, 3.05) is 25.0 Å². The molecule has 0 unspecified atom stereocenters. The number of alkyl halides is 3. The SMILES string of the molecule is O=C(Nc1ccccc1)C1CCN(CC(F)(F)F)CC1. The largest absolute Gasteiger partial charge is 0.401 e. The Labute approximate surface area is 115 Å². The summed E-state index contributed by atoms with van der Waals surface area (Å²) >= 11 is 0. The van der Waals surface area contributed by atoms with Crippen LogP contribution in [0.15, 0.2) is 30.3 Å². The minimum atomic E-state index is -4.17. The van der Waals surface area contributed by atoms with Crippen molar-refractivity contribution in [2.24, 2.45) is 5.92 Å². The molecule has 20 heavy (non-hydrogen) atoms. The molecule has 1 heterocycles. The van der Waals surface area contributed by atoms with Crippen molar-refractivity contribution in [3.05, 3.63) is 30.3 Å². The summed E-state index contributed by atoms with van der Waals surface area (Å²) in [5.41, 5.74) is 0.718. The van der Waals surface area contributed by atoms with Gasteiger partial charge in [-0.2, -0.15) is 13.2 Å². The first kappa shape index (κ1) is 14.8. The summed E-state index contributed by atoms with van der Waals surface area (Å²) in [4.78, 5) is 13.4. The summed E-state index contributed by atoms with van der Waals surface area (Å²) in [5.74, 6) is -0.317. The first-order valence-electron chi connectivity index (χ1n) is 6.59. The van der Waals surface area contributed by atoms with Crippen LogP contribution in [-0.4, -0.2) is 36.6 Å². The molecule has 1 amide bonds. The van der Waals surface area contributed by atoms with E-state index in [0.717, 1.165) is 5.69 Å². The van der Waals surface area contributed by atoms with Crippen LogP contribution in [0.5, 0.6) is 0 Å². The fourth-order valence-corrected chi connectivity index (χ4v) is 2.37. The summed E-state index contributed by atoms with van der Waals surface area (Å²) in [6.07, 6.45) is -3.23. The van der Waals surface area contributed by atoms with Gasteiger partial charge < -0.3 is 5.32 Å². The number of likely N-dealkylation sites (tertiary alicyclic amines) is 1. The van der Waals surface area contributed by atoms with E-state index >= 15 is 0 Å². The first-order valence-corrected chi connectivity index (χ1v) is 6.59. The van der Waals surface area contributed by atoms with E-state index in [1.165, 1.54) is 4.90 Å². The highest BCUT2D eigenvalue weighted by molar-refractivity contribution is 5.92. The van der Waals surface area contributed by atoms with E-state index in [9.17, 15) is 18.0 Å². The number of hydrogen-bond acceptors (Lipinski definition) is 2. The zero-order valence-electron chi connectivity index (χ0n) is 11.0. The highest BCUT2D eigenvalue weighted by atomic mass is 19.4. The second-order valence-corrected chi connectivity index (χ2v) is 5.02. The second-order valence-electron chi connectivity index (χ2n) is 5.02. The number of halogens is 3. The summed E-state index contributed by atoms with van der Waals surface area (Å²) < 4.78 is 36.8. The van der Waals surface area contributed by atoms with Gasteiger partial charge in [0.05, 0.1) is 6.54 Å². The van der Waals surface area contributed by atoms with Gasteiger partial charge in [0.25, 0.3) is 0 Å². The van der Waals surface area contributed by atoms with E-state index in [-0.39, 0.29) is 11.8 Å². The van der Waals surface area contributed by atoms with E-state index in [1.54, 1.807) is 12.1 Å². The number of amides is 1. The van der Waals surface area contributed by atoms with Crippen LogP contribution in [0.3, 0.4) is 0 Å². The Hall–Kier alpha value is -1.56. The molecule has 2 rings (SSSR count). The van der Waals surface area contributed by atoms with Gasteiger partial charge in [-0.05, 0) is 38.1 Å². The molecule has 0 bridgehead atoms. The average molecular weight is 286 g/mol. The Morgan fingerprint density at radius 2 is 1.80 bits per heavy atom. The van der Waals surface area contributed by atoms with Gasteiger partial charge in [-0.25, -0.2) is 0 Å². The average Bonchev–Trinajstić information content (AvgIpc) is 2.39. The van der Waals surface area contributed by atoms with Crippen molar-refractivity contribution in [1.29, 1.82) is 0 Å². The zero-order valence-corrected chi connectivity index (χ0v) is 11.0. The zero-order chi connectivity index (χ0) is 14.6. The summed E-state index contributed by atoms with van der Waals surface area (Å²) in [7, 11) is 0. The summed E-state index contributed by atoms with van der Waals surface area (Å²) in [6.45, 7) is -0.265. The fraction of sp³-hybridized carbons (Fsp3) is 0.500. The third-order valence-electron chi connectivity index (χ3n) is 3.40. The standard InChI is InChI=1S/C14H17F3N2O/c15-14(16,17)10-19-8-6-11(7-9-19)13(20)18-12-4-2-1-3-5-12/h1-5,11H,6-10H2,(H,18,20). The molecular formula is C14H17F3N2O. The maximum absolute atomic E-state index is 12.3. The van der Waals surface area contributed by atoms with Crippen LogP contribution in [-0.2, 0) is 4.79 Å². The van der Waals surface area contributed by atoms with Crippen molar-refractivity contribution in [3.8, 4) is 0 Å². The lowest BCUT2D eigenvalue weighted by Crippen LogP contribution is -2.42. The molecule has 1 aromatic carbocycles. The highest BCUT2D eigenvalue weighted by Crippen LogP contribution is 2.23. The lowest BCUT2D eigenvalue weighted by Gasteiger charge is -2.31. The normalized spacial score (nSPS) is 17.9. The maximum Gasteiger partial charge on any atom is 0.401 e. The van der Waals surface area contributed by atoms with Crippen LogP contribution in [0.1, 0.15) is 12.8 Å². The van der Waals surface area contributed by atoms with Gasteiger partial charge in [-0.15, -0.1) is 0 Å². The Morgan fingerprint density at radius 3 is 2.35 bits per heavy atom. The molecule has 0 radical (unpaired) electrons. The molecule has 0 aromatic heterocycles. The van der Waals surface area contributed by atoms with Crippen LogP contribution in [0.2, 0.25) is 0 Å². The molecule has 0 aliphatic carbocycles. The molecule has 1 aliphatic rings. The van der Waals surface area contributed by atoms with Crippen molar-refractivity contribution in [2.45, 2.75) is 19.0 Å². The van der Waals surface area contributed by atoms with Gasteiger partial charge in [-0.1, -0.05) is 18.2 Å². The summed E-state index contributed by atoms with van der Waals surface area (Å²) in [5, 5.41) is 2.80. The van der Waals surface area contributed by atoms with Crippen molar-refractivity contribution < 1.29 is 18.0 Å². The number of hydrogen-bond donors (Lipinski definition) is 1. The third-order valence-corrected chi connectivity index (χ3v) is 3.40. The predicted octanol–water partition coefficient (Wildman–Crippen LogP) is 2.90. The predicted molar refractivity (Wildman–Crippen MR) is 70.3 cm³/mol. The minimum Gasteiger partial charge on any atom is -0.326 e. The quantitative estimate of drug-likeness (QED) is 0.926. The maximum atomic E-state index is 12.3. The molecule has 110 valence electrons. The number of benzene rings is 1. The number of carbonyl (C=O) groups excluding carboxylic acids is 1. The third kappa shape index (κ3) is 4.52. The van der Waals surface area contributed by atoms with Crippen LogP contribution in [0.25, 0.3) is 0 Å². The Morgan fingerprint density at radius 1 is 1.20 bits per heavy atom. The second kappa shape index (κ2) is 6.26. The molecule has 1 fully saturated rings. The lowest BCUT2D eigenvalue weighted by atomic mass is 9.96. The number of para-hydroxylation sites is 1. The van der Waals surface area contributed by atoms with Crippen LogP contribution < -0.4 is 5.32 Å². The Kier molecular flexibility index (Phi) is 4.65. The van der Waals surface area contributed by atoms with Gasteiger partial charge in [0, 0.05) is 11.6 Å². The van der Waals surface area contributed by atoms with Crippen LogP contribution in [0, 0.1) is 5.92 Å². The lowest BCUT2D eigenvalue weighted by molar-refractivity contribution is -0.149. The molecule has 0 saturated carbocycles. The first-order chi connectivity index (χ1) is 9.44. The molecule has 1 N–H and O–H groups in total. The van der Waals surface area contributed by atoms with Gasteiger partial charge in [0.1, 0.15) is 0 Å².